The predicted molar refractivity (Wildman–Crippen MR) is 83.0 cm³/mol. The number of oxime groups is 1. The standard InChI is InChI=1S/C8H12Cl4N2O2S2/c1-7(2,17-4)5(9)13-16-6(15)14(3)18-8(10,11)12/h1-4H3/b13-5-. The fourth-order valence-corrected chi connectivity index (χ4v) is 2.34. The van der Waals surface area contributed by atoms with Crippen LogP contribution in [0.25, 0.3) is 0 Å². The van der Waals surface area contributed by atoms with Crippen molar-refractivity contribution in [3.05, 3.63) is 0 Å². The molecule has 0 N–H and O–H groups in total. The van der Waals surface area contributed by atoms with Crippen molar-refractivity contribution >= 4 is 81.4 Å². The van der Waals surface area contributed by atoms with Crippen LogP contribution in [0.4, 0.5) is 4.79 Å². The van der Waals surface area contributed by atoms with Crippen molar-refractivity contribution in [1.82, 2.24) is 4.31 Å². The summed E-state index contributed by atoms with van der Waals surface area (Å²) in [6.45, 7) is 3.69. The number of hydrogen-bond donors (Lipinski definition) is 0. The number of rotatable bonds is 4. The minimum absolute atomic E-state index is 0.163. The number of nitrogens with zero attached hydrogens (tertiary/aromatic N) is 2. The molecule has 4 nitrogen and oxygen atoms in total. The smallest absolute Gasteiger partial charge is 0.296 e. The van der Waals surface area contributed by atoms with Gasteiger partial charge in [0.1, 0.15) is 0 Å². The minimum Gasteiger partial charge on any atom is -0.296 e. The lowest BCUT2D eigenvalue weighted by Gasteiger charge is -2.20. The van der Waals surface area contributed by atoms with Gasteiger partial charge in [-0.1, -0.05) is 51.6 Å². The first-order valence-electron chi connectivity index (χ1n) is 4.49. The molecular weight excluding hydrogens is 362 g/mol. The molecule has 0 aliphatic heterocycles. The van der Waals surface area contributed by atoms with Gasteiger partial charge in [0, 0.05) is 19.0 Å². The number of alkyl halides is 3. The van der Waals surface area contributed by atoms with Crippen LogP contribution in [0, 0.1) is 0 Å². The van der Waals surface area contributed by atoms with Crippen molar-refractivity contribution in [2.45, 2.75) is 21.7 Å². The third kappa shape index (κ3) is 7.40. The van der Waals surface area contributed by atoms with E-state index in [0.717, 1.165) is 4.31 Å². The number of amides is 1. The lowest BCUT2D eigenvalue weighted by atomic mass is 10.2. The summed E-state index contributed by atoms with van der Waals surface area (Å²) in [4.78, 5) is 16.1. The lowest BCUT2D eigenvalue weighted by Crippen LogP contribution is -2.26. The highest BCUT2D eigenvalue weighted by Gasteiger charge is 2.28. The molecule has 1 amide bonds. The van der Waals surface area contributed by atoms with E-state index < -0.39 is 14.0 Å². The molecule has 0 spiro atoms. The van der Waals surface area contributed by atoms with Crippen LogP contribution >= 0.6 is 70.1 Å². The molecule has 0 aromatic rings. The van der Waals surface area contributed by atoms with E-state index in [2.05, 4.69) is 9.99 Å². The van der Waals surface area contributed by atoms with Gasteiger partial charge >= 0.3 is 6.09 Å². The Morgan fingerprint density at radius 3 is 2.22 bits per heavy atom. The normalized spacial score (nSPS) is 13.4. The molecule has 0 aliphatic carbocycles. The SMILES string of the molecule is CSC(C)(C)/C(Cl)=N/OC(=O)N(C)SC(Cl)(Cl)Cl. The molecule has 0 bridgehead atoms. The number of carbonyl (C=O) groups is 1. The molecule has 0 aromatic heterocycles. The van der Waals surface area contributed by atoms with Gasteiger partial charge < -0.3 is 0 Å². The predicted octanol–water partition coefficient (Wildman–Crippen LogP) is 4.72. The monoisotopic (exact) mass is 372 g/mol. The molecule has 0 heterocycles. The van der Waals surface area contributed by atoms with Gasteiger partial charge in [-0.25, -0.2) is 9.10 Å². The topological polar surface area (TPSA) is 41.9 Å². The Bertz CT molecular complexity index is 334. The summed E-state index contributed by atoms with van der Waals surface area (Å²) in [5.41, 5.74) is 0. The van der Waals surface area contributed by atoms with Crippen LogP contribution in [0.5, 0.6) is 0 Å². The maximum atomic E-state index is 11.5. The van der Waals surface area contributed by atoms with Crippen molar-refractivity contribution in [3.8, 4) is 0 Å². The van der Waals surface area contributed by atoms with E-state index in [9.17, 15) is 4.79 Å². The van der Waals surface area contributed by atoms with Crippen LogP contribution < -0.4 is 0 Å². The van der Waals surface area contributed by atoms with Gasteiger partial charge in [0.2, 0.25) is 0 Å². The molecule has 0 aliphatic rings. The molecule has 0 unspecified atom stereocenters. The van der Waals surface area contributed by atoms with Crippen molar-refractivity contribution in [2.24, 2.45) is 5.16 Å². The summed E-state index contributed by atoms with van der Waals surface area (Å²) in [6, 6.07) is 0. The van der Waals surface area contributed by atoms with Crippen LogP contribution in [0.3, 0.4) is 0 Å². The molecular formula is C8H12Cl4N2O2S2. The van der Waals surface area contributed by atoms with Gasteiger partial charge in [-0.2, -0.15) is 11.8 Å². The van der Waals surface area contributed by atoms with Crippen LogP contribution in [0.2, 0.25) is 0 Å². The third-order valence-corrected chi connectivity index (χ3v) is 4.83. The molecule has 0 saturated heterocycles. The fourth-order valence-electron chi connectivity index (χ4n) is 0.523. The zero-order valence-electron chi connectivity index (χ0n) is 10.0. The number of thioether (sulfide) groups is 1. The highest BCUT2D eigenvalue weighted by Crippen LogP contribution is 2.40. The van der Waals surface area contributed by atoms with Gasteiger partial charge in [0.05, 0.1) is 4.75 Å². The maximum Gasteiger partial charge on any atom is 0.445 e. The van der Waals surface area contributed by atoms with Crippen LogP contribution in [-0.2, 0) is 4.84 Å². The van der Waals surface area contributed by atoms with Gasteiger partial charge in [-0.3, -0.25) is 4.84 Å². The lowest BCUT2D eigenvalue weighted by molar-refractivity contribution is 0.137. The molecule has 0 radical (unpaired) electrons. The van der Waals surface area contributed by atoms with Crippen molar-refractivity contribution < 1.29 is 9.63 Å². The molecule has 0 saturated carbocycles. The van der Waals surface area contributed by atoms with Gasteiger partial charge in [0.25, 0.3) is 3.12 Å². The first-order chi connectivity index (χ1) is 7.99. The van der Waals surface area contributed by atoms with Gasteiger partial charge in [-0.05, 0) is 20.1 Å². The molecule has 0 aromatic carbocycles. The van der Waals surface area contributed by atoms with Crippen molar-refractivity contribution in [3.63, 3.8) is 0 Å². The molecule has 10 heteroatoms. The molecule has 18 heavy (non-hydrogen) atoms. The number of hydrogen-bond acceptors (Lipinski definition) is 5. The van der Waals surface area contributed by atoms with Crippen molar-refractivity contribution in [1.29, 1.82) is 0 Å². The summed E-state index contributed by atoms with van der Waals surface area (Å²) in [5, 5.41) is 3.71. The van der Waals surface area contributed by atoms with E-state index in [1.54, 1.807) is 0 Å². The Balaban J connectivity index is 4.47. The Kier molecular flexibility index (Phi) is 7.88. The van der Waals surface area contributed by atoms with Crippen LogP contribution in [0.1, 0.15) is 13.8 Å². The summed E-state index contributed by atoms with van der Waals surface area (Å²) < 4.78 is -1.09. The zero-order chi connectivity index (χ0) is 14.6. The van der Waals surface area contributed by atoms with E-state index in [1.807, 2.05) is 20.1 Å². The zero-order valence-corrected chi connectivity index (χ0v) is 14.7. The fraction of sp³-hybridized carbons (Fsp3) is 0.750. The maximum absolute atomic E-state index is 11.5. The van der Waals surface area contributed by atoms with Crippen LogP contribution in [0.15, 0.2) is 5.16 Å². The van der Waals surface area contributed by atoms with E-state index >= 15 is 0 Å². The van der Waals surface area contributed by atoms with E-state index in [1.165, 1.54) is 18.8 Å². The van der Waals surface area contributed by atoms with Crippen molar-refractivity contribution in [2.75, 3.05) is 13.3 Å². The average Bonchev–Trinajstić information content (AvgIpc) is 2.22. The Labute approximate surface area is 135 Å². The second-order valence-electron chi connectivity index (χ2n) is 3.49. The van der Waals surface area contributed by atoms with E-state index in [4.69, 9.17) is 46.4 Å². The summed E-state index contributed by atoms with van der Waals surface area (Å²) in [7, 11) is 1.39. The molecule has 0 atom stereocenters. The van der Waals surface area contributed by atoms with Crippen LogP contribution in [-0.4, -0.2) is 36.7 Å². The molecule has 0 fully saturated rings. The minimum atomic E-state index is -1.65. The number of carbonyl (C=O) groups excluding carboxylic acids is 1. The largest absolute Gasteiger partial charge is 0.445 e. The quantitative estimate of drug-likeness (QED) is 0.235. The van der Waals surface area contributed by atoms with E-state index in [0.29, 0.717) is 11.9 Å². The summed E-state index contributed by atoms with van der Waals surface area (Å²) in [6.07, 6.45) is 1.08. The summed E-state index contributed by atoms with van der Waals surface area (Å²) >= 11 is 24.6. The number of halogens is 4. The third-order valence-electron chi connectivity index (χ3n) is 1.71. The van der Waals surface area contributed by atoms with E-state index in [-0.39, 0.29) is 5.17 Å². The second-order valence-corrected chi connectivity index (χ2v) is 9.57. The Morgan fingerprint density at radius 2 is 1.83 bits per heavy atom. The first-order valence-corrected chi connectivity index (χ1v) is 8.00. The Morgan fingerprint density at radius 1 is 1.33 bits per heavy atom. The Hall–Kier alpha value is 0.800. The second kappa shape index (κ2) is 7.55. The summed E-state index contributed by atoms with van der Waals surface area (Å²) in [5.74, 6) is 0. The van der Waals surface area contributed by atoms with Gasteiger partial charge in [-0.15, -0.1) is 0 Å². The first kappa shape index (κ1) is 18.8. The molecule has 0 rings (SSSR count). The average molecular weight is 374 g/mol. The van der Waals surface area contributed by atoms with Gasteiger partial charge in [0.15, 0.2) is 5.17 Å². The molecule has 106 valence electrons. The highest BCUT2D eigenvalue weighted by molar-refractivity contribution is 8.03. The highest BCUT2D eigenvalue weighted by atomic mass is 35.6.